The Hall–Kier alpha value is -2.92. The Balaban J connectivity index is 2.54. The van der Waals surface area contributed by atoms with Crippen LogP contribution in [0, 0.1) is 18.3 Å². The second-order valence-electron chi connectivity index (χ2n) is 5.20. The molecule has 24 heavy (non-hydrogen) atoms. The molecule has 2 aromatic rings. The molecule has 1 aromatic heterocycles. The van der Waals surface area contributed by atoms with E-state index in [0.717, 1.165) is 5.56 Å². The second-order valence-corrected chi connectivity index (χ2v) is 6.74. The van der Waals surface area contributed by atoms with Crippen LogP contribution in [-0.4, -0.2) is 38.3 Å². The molecule has 0 saturated heterocycles. The number of nitriles is 1. The van der Waals surface area contributed by atoms with Crippen molar-refractivity contribution in [2.45, 2.75) is 11.8 Å². The minimum Gasteiger partial charge on any atom is -0.375 e. The van der Waals surface area contributed by atoms with E-state index in [-0.39, 0.29) is 21.9 Å². The van der Waals surface area contributed by atoms with Gasteiger partial charge in [0.15, 0.2) is 11.4 Å². The standard InChI is InChI=1S/C16H15N3O4S/c1-11-4-6-12(7-5-11)24(21,22)23-15-13(16(20)19(2)3)8-9-18-14(15)10-17/h4-9H,1-3H3. The van der Waals surface area contributed by atoms with Gasteiger partial charge >= 0.3 is 10.1 Å². The summed E-state index contributed by atoms with van der Waals surface area (Å²) in [6.07, 6.45) is 1.25. The largest absolute Gasteiger partial charge is 0.375 e. The maximum atomic E-state index is 12.4. The van der Waals surface area contributed by atoms with Crippen molar-refractivity contribution >= 4 is 16.0 Å². The van der Waals surface area contributed by atoms with E-state index in [1.165, 1.54) is 43.4 Å². The lowest BCUT2D eigenvalue weighted by Crippen LogP contribution is -2.24. The summed E-state index contributed by atoms with van der Waals surface area (Å²) in [7, 11) is -1.19. The van der Waals surface area contributed by atoms with E-state index in [0.29, 0.717) is 0 Å². The lowest BCUT2D eigenvalue weighted by molar-refractivity contribution is 0.0825. The maximum absolute atomic E-state index is 12.4. The zero-order valence-corrected chi connectivity index (χ0v) is 14.2. The normalized spacial score (nSPS) is 10.8. The summed E-state index contributed by atoms with van der Waals surface area (Å²) in [5.41, 5.74) is 0.553. The van der Waals surface area contributed by atoms with E-state index < -0.39 is 16.0 Å². The summed E-state index contributed by atoms with van der Waals surface area (Å²) >= 11 is 0. The zero-order valence-electron chi connectivity index (χ0n) is 13.3. The van der Waals surface area contributed by atoms with Crippen molar-refractivity contribution < 1.29 is 17.4 Å². The summed E-state index contributed by atoms with van der Waals surface area (Å²) in [4.78, 5) is 17.2. The molecule has 0 unspecified atom stereocenters. The number of aromatic nitrogens is 1. The van der Waals surface area contributed by atoms with Crippen LogP contribution in [0.4, 0.5) is 0 Å². The number of nitrogens with zero attached hydrogens (tertiary/aromatic N) is 3. The quantitative estimate of drug-likeness (QED) is 0.782. The highest BCUT2D eigenvalue weighted by molar-refractivity contribution is 7.87. The van der Waals surface area contributed by atoms with Crippen molar-refractivity contribution in [3.8, 4) is 11.8 Å². The number of carbonyl (C=O) groups is 1. The maximum Gasteiger partial charge on any atom is 0.339 e. The fraction of sp³-hybridized carbons (Fsp3) is 0.188. The van der Waals surface area contributed by atoms with Gasteiger partial charge in [-0.1, -0.05) is 17.7 Å². The van der Waals surface area contributed by atoms with Gasteiger partial charge in [-0.15, -0.1) is 0 Å². The molecule has 0 spiro atoms. The van der Waals surface area contributed by atoms with Crippen LogP contribution < -0.4 is 4.18 Å². The number of aryl methyl sites for hydroxylation is 1. The summed E-state index contributed by atoms with van der Waals surface area (Å²) in [6.45, 7) is 1.82. The minimum atomic E-state index is -4.21. The molecule has 1 aromatic carbocycles. The van der Waals surface area contributed by atoms with Crippen LogP contribution in [0.3, 0.4) is 0 Å². The van der Waals surface area contributed by atoms with Gasteiger partial charge in [-0.2, -0.15) is 13.7 Å². The Morgan fingerprint density at radius 3 is 2.38 bits per heavy atom. The third-order valence-corrected chi connectivity index (χ3v) is 4.39. The van der Waals surface area contributed by atoms with Crippen LogP contribution in [0.15, 0.2) is 41.4 Å². The highest BCUT2D eigenvalue weighted by Gasteiger charge is 2.25. The van der Waals surface area contributed by atoms with Gasteiger partial charge in [0.1, 0.15) is 11.0 Å². The van der Waals surface area contributed by atoms with Crippen molar-refractivity contribution in [3.05, 3.63) is 53.3 Å². The molecule has 0 aliphatic heterocycles. The van der Waals surface area contributed by atoms with Crippen molar-refractivity contribution in [3.63, 3.8) is 0 Å². The predicted octanol–water partition coefficient (Wildman–Crippen LogP) is 1.73. The average molecular weight is 345 g/mol. The zero-order chi connectivity index (χ0) is 17.9. The van der Waals surface area contributed by atoms with E-state index >= 15 is 0 Å². The van der Waals surface area contributed by atoms with Gasteiger partial charge in [0, 0.05) is 20.3 Å². The van der Waals surface area contributed by atoms with Crippen molar-refractivity contribution in [2.24, 2.45) is 0 Å². The Morgan fingerprint density at radius 1 is 1.21 bits per heavy atom. The molecular weight excluding hydrogens is 330 g/mol. The van der Waals surface area contributed by atoms with Gasteiger partial charge in [0.05, 0.1) is 5.56 Å². The third-order valence-electron chi connectivity index (χ3n) is 3.15. The number of amides is 1. The number of hydrogen-bond donors (Lipinski definition) is 0. The number of benzene rings is 1. The highest BCUT2D eigenvalue weighted by atomic mass is 32.2. The van der Waals surface area contributed by atoms with Crippen molar-refractivity contribution in [1.82, 2.24) is 9.88 Å². The number of carbonyl (C=O) groups excluding carboxylic acids is 1. The molecule has 7 nitrogen and oxygen atoms in total. The highest BCUT2D eigenvalue weighted by Crippen LogP contribution is 2.26. The molecule has 124 valence electrons. The summed E-state index contributed by atoms with van der Waals surface area (Å²) in [5, 5.41) is 9.15. The monoisotopic (exact) mass is 345 g/mol. The van der Waals surface area contributed by atoms with Gasteiger partial charge in [0.25, 0.3) is 5.91 Å². The topological polar surface area (TPSA) is 100 Å². The van der Waals surface area contributed by atoms with E-state index in [1.807, 2.05) is 6.92 Å². The Labute approximate surface area is 140 Å². The van der Waals surface area contributed by atoms with E-state index in [2.05, 4.69) is 4.98 Å². The fourth-order valence-electron chi connectivity index (χ4n) is 1.88. The molecular formula is C16H15N3O4S. The molecule has 0 aliphatic rings. The summed E-state index contributed by atoms with van der Waals surface area (Å²) < 4.78 is 30.0. The van der Waals surface area contributed by atoms with E-state index in [1.54, 1.807) is 18.2 Å². The molecule has 0 aliphatic carbocycles. The molecule has 0 N–H and O–H groups in total. The van der Waals surface area contributed by atoms with Crippen LogP contribution in [0.25, 0.3) is 0 Å². The lowest BCUT2D eigenvalue weighted by atomic mass is 10.2. The number of rotatable bonds is 4. The Bertz CT molecular complexity index is 913. The summed E-state index contributed by atoms with van der Waals surface area (Å²) in [6, 6.07) is 9.07. The third kappa shape index (κ3) is 3.52. The SMILES string of the molecule is Cc1ccc(S(=O)(=O)Oc2c(C(=O)N(C)C)ccnc2C#N)cc1. The smallest absolute Gasteiger partial charge is 0.339 e. The van der Waals surface area contributed by atoms with E-state index in [9.17, 15) is 13.2 Å². The summed E-state index contributed by atoms with van der Waals surface area (Å²) in [5.74, 6) is -0.873. The number of pyridine rings is 1. The van der Waals surface area contributed by atoms with Gasteiger partial charge < -0.3 is 9.08 Å². The van der Waals surface area contributed by atoms with Crippen LogP contribution >= 0.6 is 0 Å². The first-order valence-corrected chi connectivity index (χ1v) is 8.29. The van der Waals surface area contributed by atoms with Crippen LogP contribution in [0.5, 0.6) is 5.75 Å². The van der Waals surface area contributed by atoms with Gasteiger partial charge in [-0.05, 0) is 25.1 Å². The first-order valence-electron chi connectivity index (χ1n) is 6.88. The number of hydrogen-bond acceptors (Lipinski definition) is 6. The van der Waals surface area contributed by atoms with Gasteiger partial charge in [-0.3, -0.25) is 4.79 Å². The Morgan fingerprint density at radius 2 is 1.83 bits per heavy atom. The molecule has 0 radical (unpaired) electrons. The van der Waals surface area contributed by atoms with Crippen molar-refractivity contribution in [2.75, 3.05) is 14.1 Å². The predicted molar refractivity (Wildman–Crippen MR) is 86.0 cm³/mol. The molecule has 0 bridgehead atoms. The average Bonchev–Trinajstić information content (AvgIpc) is 2.54. The molecule has 1 amide bonds. The van der Waals surface area contributed by atoms with Crippen LogP contribution in [0.2, 0.25) is 0 Å². The molecule has 0 fully saturated rings. The van der Waals surface area contributed by atoms with Gasteiger partial charge in [0.2, 0.25) is 0 Å². The molecule has 8 heteroatoms. The van der Waals surface area contributed by atoms with Crippen molar-refractivity contribution in [1.29, 1.82) is 5.26 Å². The molecule has 1 heterocycles. The van der Waals surface area contributed by atoms with E-state index in [4.69, 9.17) is 9.44 Å². The van der Waals surface area contributed by atoms with Gasteiger partial charge in [-0.25, -0.2) is 4.98 Å². The minimum absolute atomic E-state index is 0.0535. The lowest BCUT2D eigenvalue weighted by Gasteiger charge is -2.15. The van der Waals surface area contributed by atoms with Crippen LogP contribution in [0.1, 0.15) is 21.6 Å². The molecule has 0 atom stereocenters. The first-order chi connectivity index (χ1) is 11.3. The second kappa shape index (κ2) is 6.68. The first kappa shape index (κ1) is 17.4. The Kier molecular flexibility index (Phi) is 4.85. The fourth-order valence-corrected chi connectivity index (χ4v) is 2.84. The molecule has 2 rings (SSSR count). The van der Waals surface area contributed by atoms with Crippen LogP contribution in [-0.2, 0) is 10.1 Å². The molecule has 0 saturated carbocycles.